The number of fused-ring (bicyclic) bond motifs is 1. The molecule has 0 unspecified atom stereocenters. The Morgan fingerprint density at radius 3 is 3.00 bits per heavy atom. The van der Waals surface area contributed by atoms with Gasteiger partial charge in [0, 0.05) is 12.6 Å². The molecule has 1 heteroatoms. The highest BCUT2D eigenvalue weighted by molar-refractivity contribution is 4.92. The minimum absolute atomic E-state index is 0.881. The second kappa shape index (κ2) is 4.08. The molecule has 0 aromatic carbocycles. The molecule has 0 aromatic heterocycles. The highest BCUT2D eigenvalue weighted by Crippen LogP contribution is 2.21. The summed E-state index contributed by atoms with van der Waals surface area (Å²) in [6.45, 7) is 2.66. The fourth-order valence-corrected chi connectivity index (χ4v) is 2.41. The lowest BCUT2D eigenvalue weighted by atomic mass is 10.1. The van der Waals surface area contributed by atoms with Crippen LogP contribution in [0.2, 0.25) is 0 Å². The van der Waals surface area contributed by atoms with E-state index in [1.807, 2.05) is 0 Å². The number of rotatable bonds is 0. The van der Waals surface area contributed by atoms with Gasteiger partial charge in [-0.3, -0.25) is 4.90 Å². The van der Waals surface area contributed by atoms with Crippen LogP contribution < -0.4 is 0 Å². The zero-order valence-corrected chi connectivity index (χ0v) is 7.84. The molecule has 1 atom stereocenters. The highest BCUT2D eigenvalue weighted by atomic mass is 15.2. The minimum Gasteiger partial charge on any atom is -0.300 e. The van der Waals surface area contributed by atoms with E-state index in [9.17, 15) is 0 Å². The molecule has 0 saturated carbocycles. The highest BCUT2D eigenvalue weighted by Gasteiger charge is 2.19. The van der Waals surface area contributed by atoms with Crippen LogP contribution in [0.5, 0.6) is 0 Å². The minimum atomic E-state index is 0.881. The molecule has 0 bridgehead atoms. The van der Waals surface area contributed by atoms with Gasteiger partial charge in [-0.1, -0.05) is 25.0 Å². The second-order valence-corrected chi connectivity index (χ2v) is 4.03. The Morgan fingerprint density at radius 2 is 2.00 bits per heavy atom. The Kier molecular flexibility index (Phi) is 2.83. The second-order valence-electron chi connectivity index (χ2n) is 4.03. The van der Waals surface area contributed by atoms with Crippen molar-refractivity contribution in [1.82, 2.24) is 4.90 Å². The Morgan fingerprint density at radius 1 is 1.00 bits per heavy atom. The van der Waals surface area contributed by atoms with Crippen LogP contribution in [0, 0.1) is 0 Å². The Bertz CT molecular complexity index is 162. The van der Waals surface area contributed by atoms with Gasteiger partial charge in [-0.15, -0.1) is 0 Å². The summed E-state index contributed by atoms with van der Waals surface area (Å²) in [6.07, 6.45) is 13.1. The third-order valence-corrected chi connectivity index (χ3v) is 3.16. The van der Waals surface area contributed by atoms with Gasteiger partial charge in [0.15, 0.2) is 0 Å². The predicted octanol–water partition coefficient (Wildman–Crippen LogP) is 2.58. The molecule has 2 rings (SSSR count). The molecular formula is C11H19N. The number of hydrogen-bond donors (Lipinski definition) is 0. The summed E-state index contributed by atoms with van der Waals surface area (Å²) in [7, 11) is 0. The largest absolute Gasteiger partial charge is 0.300 e. The number of nitrogens with zero attached hydrogens (tertiary/aromatic N) is 1. The zero-order valence-electron chi connectivity index (χ0n) is 7.84. The van der Waals surface area contributed by atoms with Crippen molar-refractivity contribution in [3.05, 3.63) is 12.2 Å². The van der Waals surface area contributed by atoms with Crippen molar-refractivity contribution in [2.24, 2.45) is 0 Å². The third-order valence-electron chi connectivity index (χ3n) is 3.16. The number of hydrogen-bond acceptors (Lipinski definition) is 1. The van der Waals surface area contributed by atoms with E-state index >= 15 is 0 Å². The van der Waals surface area contributed by atoms with Gasteiger partial charge in [0.2, 0.25) is 0 Å². The van der Waals surface area contributed by atoms with Crippen molar-refractivity contribution in [3.63, 3.8) is 0 Å². The molecule has 1 fully saturated rings. The summed E-state index contributed by atoms with van der Waals surface area (Å²) in [5, 5.41) is 0. The zero-order chi connectivity index (χ0) is 8.23. The van der Waals surface area contributed by atoms with Crippen LogP contribution in [0.15, 0.2) is 12.2 Å². The van der Waals surface area contributed by atoms with E-state index in [4.69, 9.17) is 0 Å². The van der Waals surface area contributed by atoms with Gasteiger partial charge < -0.3 is 0 Å². The Labute approximate surface area is 75.4 Å². The average Bonchev–Trinajstić information content (AvgIpc) is 2.38. The predicted molar refractivity (Wildman–Crippen MR) is 52.2 cm³/mol. The average molecular weight is 165 g/mol. The van der Waals surface area contributed by atoms with Crippen LogP contribution in [0.3, 0.4) is 0 Å². The van der Waals surface area contributed by atoms with Crippen molar-refractivity contribution in [1.29, 1.82) is 0 Å². The lowest BCUT2D eigenvalue weighted by molar-refractivity contribution is 0.209. The van der Waals surface area contributed by atoms with Crippen LogP contribution in [-0.2, 0) is 0 Å². The van der Waals surface area contributed by atoms with Gasteiger partial charge in [0.05, 0.1) is 0 Å². The SMILES string of the molecule is C1=CC[C@@H]2CCCCCN2CC1. The molecule has 2 heterocycles. The van der Waals surface area contributed by atoms with E-state index in [2.05, 4.69) is 17.1 Å². The van der Waals surface area contributed by atoms with Crippen LogP contribution in [0.4, 0.5) is 0 Å². The van der Waals surface area contributed by atoms with Crippen molar-refractivity contribution in [2.75, 3.05) is 13.1 Å². The van der Waals surface area contributed by atoms with Crippen molar-refractivity contribution in [2.45, 2.75) is 44.6 Å². The van der Waals surface area contributed by atoms with E-state index in [-0.39, 0.29) is 0 Å². The maximum Gasteiger partial charge on any atom is 0.0130 e. The van der Waals surface area contributed by atoms with Gasteiger partial charge >= 0.3 is 0 Å². The van der Waals surface area contributed by atoms with Crippen LogP contribution in [-0.4, -0.2) is 24.0 Å². The van der Waals surface area contributed by atoms with E-state index in [1.165, 1.54) is 51.6 Å². The van der Waals surface area contributed by atoms with Gasteiger partial charge in [0.25, 0.3) is 0 Å². The maximum absolute atomic E-state index is 2.70. The first-order chi connectivity index (χ1) is 5.97. The molecular weight excluding hydrogens is 146 g/mol. The lowest BCUT2D eigenvalue weighted by Gasteiger charge is -2.27. The Hall–Kier alpha value is -0.300. The van der Waals surface area contributed by atoms with Gasteiger partial charge in [-0.05, 0) is 32.2 Å². The summed E-state index contributed by atoms with van der Waals surface area (Å²) in [4.78, 5) is 2.70. The smallest absolute Gasteiger partial charge is 0.0130 e. The molecule has 0 radical (unpaired) electrons. The van der Waals surface area contributed by atoms with E-state index in [1.54, 1.807) is 0 Å². The lowest BCUT2D eigenvalue weighted by Crippen LogP contribution is -2.34. The molecule has 0 aliphatic carbocycles. The molecule has 68 valence electrons. The van der Waals surface area contributed by atoms with Crippen molar-refractivity contribution >= 4 is 0 Å². The van der Waals surface area contributed by atoms with E-state index < -0.39 is 0 Å². The molecule has 12 heavy (non-hydrogen) atoms. The molecule has 0 aromatic rings. The summed E-state index contributed by atoms with van der Waals surface area (Å²) in [5.41, 5.74) is 0. The summed E-state index contributed by atoms with van der Waals surface area (Å²) in [5.74, 6) is 0. The van der Waals surface area contributed by atoms with Gasteiger partial charge in [-0.2, -0.15) is 0 Å². The molecule has 2 aliphatic rings. The van der Waals surface area contributed by atoms with E-state index in [0.717, 1.165) is 6.04 Å². The first-order valence-electron chi connectivity index (χ1n) is 5.36. The third kappa shape index (κ3) is 1.89. The summed E-state index contributed by atoms with van der Waals surface area (Å²) < 4.78 is 0. The molecule has 0 amide bonds. The van der Waals surface area contributed by atoms with Crippen molar-refractivity contribution in [3.8, 4) is 0 Å². The Balaban J connectivity index is 1.99. The van der Waals surface area contributed by atoms with E-state index in [0.29, 0.717) is 0 Å². The standard InChI is InChI=1S/C11H19N/c1-3-7-11-8-4-2-6-10-12(11)9-5-1/h1,3,11H,2,4-10H2/t11-/m1/s1. The normalized spacial score (nSPS) is 32.2. The first-order valence-corrected chi connectivity index (χ1v) is 5.36. The fourth-order valence-electron chi connectivity index (χ4n) is 2.41. The quantitative estimate of drug-likeness (QED) is 0.499. The van der Waals surface area contributed by atoms with Gasteiger partial charge in [0.1, 0.15) is 0 Å². The van der Waals surface area contributed by atoms with Gasteiger partial charge in [-0.25, -0.2) is 0 Å². The first kappa shape index (κ1) is 8.31. The maximum atomic E-state index is 2.70. The summed E-state index contributed by atoms with van der Waals surface area (Å²) >= 11 is 0. The molecule has 0 N–H and O–H groups in total. The van der Waals surface area contributed by atoms with Crippen LogP contribution in [0.1, 0.15) is 38.5 Å². The van der Waals surface area contributed by atoms with Crippen LogP contribution >= 0.6 is 0 Å². The monoisotopic (exact) mass is 165 g/mol. The molecule has 2 aliphatic heterocycles. The fraction of sp³-hybridized carbons (Fsp3) is 0.818. The summed E-state index contributed by atoms with van der Waals surface area (Å²) in [6, 6.07) is 0.881. The molecule has 1 nitrogen and oxygen atoms in total. The topological polar surface area (TPSA) is 3.24 Å². The van der Waals surface area contributed by atoms with Crippen LogP contribution in [0.25, 0.3) is 0 Å². The van der Waals surface area contributed by atoms with Crippen molar-refractivity contribution < 1.29 is 0 Å². The molecule has 1 saturated heterocycles. The molecule has 0 spiro atoms.